The Morgan fingerprint density at radius 3 is 2.93 bits per heavy atom. The van der Waals surface area contributed by atoms with Crippen molar-refractivity contribution in [3.63, 3.8) is 0 Å². The number of rotatable bonds is 5. The van der Waals surface area contributed by atoms with Gasteiger partial charge in [0.2, 0.25) is 0 Å². The van der Waals surface area contributed by atoms with Gasteiger partial charge in [-0.3, -0.25) is 9.48 Å². The number of hydrogen-bond donors (Lipinski definition) is 2. The van der Waals surface area contributed by atoms with Crippen molar-refractivity contribution >= 4 is 17.2 Å². The van der Waals surface area contributed by atoms with Gasteiger partial charge in [0.15, 0.2) is 5.69 Å². The van der Waals surface area contributed by atoms with Crippen molar-refractivity contribution < 1.29 is 9.53 Å². The minimum absolute atomic E-state index is 0.135. The van der Waals surface area contributed by atoms with Gasteiger partial charge in [-0.2, -0.15) is 5.10 Å². The number of ether oxygens (including phenoxy) is 1. The monoisotopic (exact) mass is 382 g/mol. The molecule has 0 aliphatic carbocycles. The second-order valence-corrected chi connectivity index (χ2v) is 7.69. The third kappa shape index (κ3) is 3.89. The predicted octanol–water partition coefficient (Wildman–Crippen LogP) is 3.04. The largest absolute Gasteiger partial charge is 0.497 e. The molecule has 1 aliphatic heterocycles. The van der Waals surface area contributed by atoms with E-state index in [0.717, 1.165) is 40.5 Å². The molecule has 27 heavy (non-hydrogen) atoms. The molecule has 7 heteroatoms. The molecular formula is C20H22N4O2S. The summed E-state index contributed by atoms with van der Waals surface area (Å²) < 4.78 is 7.12. The van der Waals surface area contributed by atoms with Gasteiger partial charge in [-0.05, 0) is 47.7 Å². The van der Waals surface area contributed by atoms with E-state index in [-0.39, 0.29) is 5.91 Å². The Bertz CT molecular complexity index is 945. The zero-order valence-electron chi connectivity index (χ0n) is 15.4. The summed E-state index contributed by atoms with van der Waals surface area (Å²) in [5.41, 5.74) is 3.81. The maximum atomic E-state index is 12.4. The molecule has 6 nitrogen and oxygen atoms in total. The van der Waals surface area contributed by atoms with Gasteiger partial charge in [0.05, 0.1) is 25.9 Å². The van der Waals surface area contributed by atoms with Crippen LogP contribution in [0.5, 0.6) is 5.75 Å². The molecule has 3 aromatic rings. The van der Waals surface area contributed by atoms with Crippen LogP contribution in [-0.4, -0.2) is 28.8 Å². The van der Waals surface area contributed by atoms with Crippen LogP contribution in [0.4, 0.5) is 0 Å². The number of carbonyl (C=O) groups is 1. The molecule has 0 spiro atoms. The van der Waals surface area contributed by atoms with E-state index in [1.165, 1.54) is 0 Å². The number of benzene rings is 1. The highest BCUT2D eigenvalue weighted by atomic mass is 32.1. The Morgan fingerprint density at radius 1 is 1.33 bits per heavy atom. The van der Waals surface area contributed by atoms with Crippen molar-refractivity contribution in [2.75, 3.05) is 7.11 Å². The Hall–Kier alpha value is -2.64. The zero-order chi connectivity index (χ0) is 18.8. The molecule has 2 aromatic heterocycles. The summed E-state index contributed by atoms with van der Waals surface area (Å²) in [4.78, 5) is 13.6. The van der Waals surface area contributed by atoms with Crippen molar-refractivity contribution in [1.82, 2.24) is 20.4 Å². The van der Waals surface area contributed by atoms with Gasteiger partial charge in [-0.1, -0.05) is 12.1 Å². The average molecular weight is 382 g/mol. The van der Waals surface area contributed by atoms with Gasteiger partial charge in [-0.25, -0.2) is 0 Å². The Kier molecular flexibility index (Phi) is 4.96. The molecule has 1 aromatic carbocycles. The van der Waals surface area contributed by atoms with Crippen molar-refractivity contribution in [1.29, 1.82) is 0 Å². The van der Waals surface area contributed by atoms with Crippen LogP contribution in [-0.2, 0) is 19.6 Å². The Balaban J connectivity index is 1.39. The lowest BCUT2D eigenvalue weighted by Gasteiger charge is -2.21. The van der Waals surface area contributed by atoms with Gasteiger partial charge in [0.1, 0.15) is 5.75 Å². The fourth-order valence-electron chi connectivity index (χ4n) is 3.14. The van der Waals surface area contributed by atoms with Crippen molar-refractivity contribution in [2.24, 2.45) is 0 Å². The Labute approximate surface area is 162 Å². The maximum absolute atomic E-state index is 12.4. The first-order valence-corrected chi connectivity index (χ1v) is 9.80. The highest BCUT2D eigenvalue weighted by Crippen LogP contribution is 2.27. The lowest BCUT2D eigenvalue weighted by atomic mass is 10.1. The van der Waals surface area contributed by atoms with Crippen LogP contribution in [0, 0.1) is 0 Å². The molecular weight excluding hydrogens is 360 g/mol. The number of methoxy groups -OCH3 is 1. The lowest BCUT2D eigenvalue weighted by molar-refractivity contribution is 0.0945. The first-order valence-electron chi connectivity index (χ1n) is 8.92. The van der Waals surface area contributed by atoms with Crippen LogP contribution >= 0.6 is 11.3 Å². The van der Waals surface area contributed by atoms with Gasteiger partial charge < -0.3 is 15.4 Å². The van der Waals surface area contributed by atoms with Crippen molar-refractivity contribution in [2.45, 2.75) is 32.6 Å². The molecule has 1 atom stereocenters. The van der Waals surface area contributed by atoms with Gasteiger partial charge >= 0.3 is 0 Å². The molecule has 3 heterocycles. The van der Waals surface area contributed by atoms with E-state index >= 15 is 0 Å². The van der Waals surface area contributed by atoms with E-state index in [1.54, 1.807) is 18.4 Å². The topological polar surface area (TPSA) is 68.2 Å². The molecule has 1 amide bonds. The summed E-state index contributed by atoms with van der Waals surface area (Å²) >= 11 is 1.64. The first-order chi connectivity index (χ1) is 13.1. The van der Waals surface area contributed by atoms with E-state index < -0.39 is 0 Å². The van der Waals surface area contributed by atoms with Gasteiger partial charge in [0.25, 0.3) is 5.91 Å². The molecule has 1 unspecified atom stereocenters. The molecule has 1 aliphatic rings. The summed E-state index contributed by atoms with van der Waals surface area (Å²) in [6, 6.07) is 12.3. The maximum Gasteiger partial charge on any atom is 0.272 e. The number of fused-ring (bicyclic) bond motifs is 1. The van der Waals surface area contributed by atoms with Crippen LogP contribution in [0.15, 0.2) is 41.8 Å². The molecule has 0 fully saturated rings. The summed E-state index contributed by atoms with van der Waals surface area (Å²) in [5.74, 6) is 0.706. The molecule has 0 saturated heterocycles. The molecule has 0 saturated carbocycles. The third-order valence-corrected chi connectivity index (χ3v) is 5.61. The van der Waals surface area contributed by atoms with Gasteiger partial charge in [0, 0.05) is 17.5 Å². The minimum Gasteiger partial charge on any atom is -0.497 e. The van der Waals surface area contributed by atoms with E-state index in [1.807, 2.05) is 35.0 Å². The van der Waals surface area contributed by atoms with Gasteiger partial charge in [-0.15, -0.1) is 11.3 Å². The Morgan fingerprint density at radius 2 is 2.15 bits per heavy atom. The fraction of sp³-hybridized carbons (Fsp3) is 0.300. The van der Waals surface area contributed by atoms with Crippen molar-refractivity contribution in [3.05, 3.63) is 58.0 Å². The molecule has 0 bridgehead atoms. The SMILES string of the molecule is COc1ccc(-c2csc(CNC(=O)c3cc4n(n3)CC(C)NC4)c2)cc1. The summed E-state index contributed by atoms with van der Waals surface area (Å²) in [5, 5.41) is 12.9. The first kappa shape index (κ1) is 17.8. The molecule has 2 N–H and O–H groups in total. The smallest absolute Gasteiger partial charge is 0.272 e. The summed E-state index contributed by atoms with van der Waals surface area (Å²) in [6.45, 7) is 4.15. The van der Waals surface area contributed by atoms with Crippen molar-refractivity contribution in [3.8, 4) is 16.9 Å². The fourth-order valence-corrected chi connectivity index (χ4v) is 3.97. The standard InChI is InChI=1S/C20H22N4O2S/c1-13-11-24-16(9-21-13)8-19(23-24)20(25)22-10-18-7-15(12-27-18)14-3-5-17(26-2)6-4-14/h3-8,12-13,21H,9-11H2,1-2H3,(H,22,25). The number of hydrogen-bond acceptors (Lipinski definition) is 5. The zero-order valence-corrected chi connectivity index (χ0v) is 16.2. The number of aromatic nitrogens is 2. The van der Waals surface area contributed by atoms with E-state index in [4.69, 9.17) is 4.74 Å². The lowest BCUT2D eigenvalue weighted by Crippen LogP contribution is -2.36. The molecule has 140 valence electrons. The van der Waals surface area contributed by atoms with E-state index in [2.05, 4.69) is 34.1 Å². The minimum atomic E-state index is -0.135. The van der Waals surface area contributed by atoms with Crippen LogP contribution < -0.4 is 15.4 Å². The highest BCUT2D eigenvalue weighted by molar-refractivity contribution is 7.10. The van der Waals surface area contributed by atoms with Crippen LogP contribution in [0.2, 0.25) is 0 Å². The number of thiophene rings is 1. The van der Waals surface area contributed by atoms with Crippen LogP contribution in [0.1, 0.15) is 28.0 Å². The normalized spacial score (nSPS) is 16.0. The predicted molar refractivity (Wildman–Crippen MR) is 106 cm³/mol. The van der Waals surface area contributed by atoms with Crippen LogP contribution in [0.3, 0.4) is 0 Å². The number of nitrogens with one attached hydrogen (secondary N) is 2. The highest BCUT2D eigenvalue weighted by Gasteiger charge is 2.19. The van der Waals surface area contributed by atoms with E-state index in [9.17, 15) is 4.79 Å². The second kappa shape index (κ2) is 7.54. The molecule has 4 rings (SSSR count). The second-order valence-electron chi connectivity index (χ2n) is 6.70. The number of nitrogens with zero attached hydrogens (tertiary/aromatic N) is 2. The van der Waals surface area contributed by atoms with Crippen LogP contribution in [0.25, 0.3) is 11.1 Å². The average Bonchev–Trinajstić information content (AvgIpc) is 3.33. The quantitative estimate of drug-likeness (QED) is 0.712. The number of amides is 1. The van der Waals surface area contributed by atoms with E-state index in [0.29, 0.717) is 18.3 Å². The summed E-state index contributed by atoms with van der Waals surface area (Å²) in [7, 11) is 1.66. The molecule has 0 radical (unpaired) electrons. The third-order valence-electron chi connectivity index (χ3n) is 4.67. The summed E-state index contributed by atoms with van der Waals surface area (Å²) in [6.07, 6.45) is 0. The number of carbonyl (C=O) groups excluding carboxylic acids is 1.